The molecule has 0 aliphatic heterocycles. The standard InChI is InChI=1S/C20H25N7O4S/c1-3-31-11-9-21-17-16-13-23-26(18(16)25-20(24-17)32-4-2)10-8-22-19(28)14-6-5-7-15(12-14)27(29)30/h5-7,12-13H,3-4,8-11H2,1-2H3,(H,22,28)(H,21,24,25). The summed E-state index contributed by atoms with van der Waals surface area (Å²) in [5.74, 6) is 1.13. The van der Waals surface area contributed by atoms with Crippen LogP contribution in [-0.4, -0.2) is 62.6 Å². The lowest BCUT2D eigenvalue weighted by molar-refractivity contribution is -0.384. The molecule has 0 atom stereocenters. The SMILES string of the molecule is CCOCCNc1nc(SCC)nc2c1cnn2CCNC(=O)c1cccc([N+](=O)[O-])c1. The molecule has 1 aromatic carbocycles. The number of nitrogens with zero attached hydrogens (tertiary/aromatic N) is 5. The molecule has 0 fully saturated rings. The summed E-state index contributed by atoms with van der Waals surface area (Å²) >= 11 is 1.53. The van der Waals surface area contributed by atoms with Gasteiger partial charge in [-0.2, -0.15) is 5.10 Å². The van der Waals surface area contributed by atoms with Crippen LogP contribution in [0.4, 0.5) is 11.5 Å². The number of rotatable bonds is 12. The molecule has 0 unspecified atom stereocenters. The number of anilines is 1. The van der Waals surface area contributed by atoms with Crippen LogP contribution in [0.15, 0.2) is 35.6 Å². The second-order valence-corrected chi connectivity index (χ2v) is 7.81. The maximum atomic E-state index is 12.4. The molecule has 0 saturated carbocycles. The fourth-order valence-electron chi connectivity index (χ4n) is 2.95. The highest BCUT2D eigenvalue weighted by molar-refractivity contribution is 7.99. The van der Waals surface area contributed by atoms with Gasteiger partial charge in [-0.05, 0) is 18.7 Å². The van der Waals surface area contributed by atoms with Crippen molar-refractivity contribution in [2.24, 2.45) is 0 Å². The first-order valence-corrected chi connectivity index (χ1v) is 11.2. The molecular weight excluding hydrogens is 434 g/mol. The average Bonchev–Trinajstić information content (AvgIpc) is 3.20. The summed E-state index contributed by atoms with van der Waals surface area (Å²) in [4.78, 5) is 31.9. The molecule has 0 saturated heterocycles. The van der Waals surface area contributed by atoms with E-state index in [-0.39, 0.29) is 23.7 Å². The number of fused-ring (bicyclic) bond motifs is 1. The highest BCUT2D eigenvalue weighted by Gasteiger charge is 2.14. The number of non-ortho nitro benzene ring substituents is 1. The van der Waals surface area contributed by atoms with Crippen LogP contribution >= 0.6 is 11.8 Å². The summed E-state index contributed by atoms with van der Waals surface area (Å²) in [7, 11) is 0. The molecule has 11 nitrogen and oxygen atoms in total. The minimum absolute atomic E-state index is 0.127. The number of nitro groups is 1. The van der Waals surface area contributed by atoms with E-state index in [2.05, 4.69) is 25.7 Å². The highest BCUT2D eigenvalue weighted by atomic mass is 32.2. The summed E-state index contributed by atoms with van der Waals surface area (Å²) < 4.78 is 7.08. The predicted molar refractivity (Wildman–Crippen MR) is 122 cm³/mol. The van der Waals surface area contributed by atoms with Gasteiger partial charge in [0.2, 0.25) is 0 Å². The molecule has 2 aromatic heterocycles. The van der Waals surface area contributed by atoms with Crippen LogP contribution in [0, 0.1) is 10.1 Å². The monoisotopic (exact) mass is 459 g/mol. The van der Waals surface area contributed by atoms with E-state index in [1.807, 2.05) is 13.8 Å². The Morgan fingerprint density at radius 3 is 2.88 bits per heavy atom. The quantitative estimate of drug-likeness (QED) is 0.138. The van der Waals surface area contributed by atoms with Gasteiger partial charge in [-0.1, -0.05) is 24.8 Å². The van der Waals surface area contributed by atoms with E-state index in [9.17, 15) is 14.9 Å². The first-order chi connectivity index (χ1) is 15.5. The first-order valence-electron chi connectivity index (χ1n) is 10.2. The van der Waals surface area contributed by atoms with E-state index in [0.717, 1.165) is 11.1 Å². The lowest BCUT2D eigenvalue weighted by Crippen LogP contribution is -2.27. The molecule has 1 amide bonds. The number of carbonyl (C=O) groups excluding carboxylic acids is 1. The van der Waals surface area contributed by atoms with Gasteiger partial charge >= 0.3 is 0 Å². The third-order valence-corrected chi connectivity index (χ3v) is 5.15. The molecule has 12 heteroatoms. The van der Waals surface area contributed by atoms with Crippen molar-refractivity contribution in [2.75, 3.05) is 37.4 Å². The molecule has 32 heavy (non-hydrogen) atoms. The Hall–Kier alpha value is -3.25. The Balaban J connectivity index is 1.70. The van der Waals surface area contributed by atoms with Gasteiger partial charge < -0.3 is 15.4 Å². The highest BCUT2D eigenvalue weighted by Crippen LogP contribution is 2.24. The normalized spacial score (nSPS) is 10.9. The number of hydrogen-bond acceptors (Lipinski definition) is 9. The van der Waals surface area contributed by atoms with Crippen LogP contribution in [-0.2, 0) is 11.3 Å². The van der Waals surface area contributed by atoms with E-state index in [0.29, 0.717) is 42.9 Å². The number of benzene rings is 1. The van der Waals surface area contributed by atoms with Crippen LogP contribution in [0.1, 0.15) is 24.2 Å². The van der Waals surface area contributed by atoms with E-state index < -0.39 is 4.92 Å². The van der Waals surface area contributed by atoms with Crippen molar-refractivity contribution in [3.8, 4) is 0 Å². The van der Waals surface area contributed by atoms with Crippen molar-refractivity contribution in [1.29, 1.82) is 0 Å². The van der Waals surface area contributed by atoms with Crippen molar-refractivity contribution in [3.05, 3.63) is 46.1 Å². The zero-order valence-electron chi connectivity index (χ0n) is 17.9. The minimum atomic E-state index is -0.530. The molecule has 0 aliphatic rings. The topological polar surface area (TPSA) is 137 Å². The zero-order chi connectivity index (χ0) is 22.9. The van der Waals surface area contributed by atoms with Crippen molar-refractivity contribution >= 4 is 40.2 Å². The number of amides is 1. The zero-order valence-corrected chi connectivity index (χ0v) is 18.7. The first kappa shape index (κ1) is 23.4. The Morgan fingerprint density at radius 1 is 1.28 bits per heavy atom. The van der Waals surface area contributed by atoms with E-state index in [1.165, 1.54) is 36.0 Å². The number of hydrogen-bond donors (Lipinski definition) is 2. The van der Waals surface area contributed by atoms with Gasteiger partial charge in [-0.25, -0.2) is 14.6 Å². The molecule has 0 radical (unpaired) electrons. The van der Waals surface area contributed by atoms with Crippen LogP contribution in [0.3, 0.4) is 0 Å². The molecular formula is C20H25N7O4S. The van der Waals surface area contributed by atoms with Crippen LogP contribution in [0.2, 0.25) is 0 Å². The van der Waals surface area contributed by atoms with Crippen molar-refractivity contribution in [3.63, 3.8) is 0 Å². The second kappa shape index (κ2) is 11.4. The second-order valence-electron chi connectivity index (χ2n) is 6.58. The maximum absolute atomic E-state index is 12.4. The molecule has 3 rings (SSSR count). The summed E-state index contributed by atoms with van der Waals surface area (Å²) in [5, 5.41) is 22.8. The number of nitrogens with one attached hydrogen (secondary N) is 2. The Morgan fingerprint density at radius 2 is 2.12 bits per heavy atom. The third-order valence-electron chi connectivity index (χ3n) is 4.42. The number of nitro benzene ring substituents is 1. The Bertz CT molecular complexity index is 1090. The van der Waals surface area contributed by atoms with E-state index >= 15 is 0 Å². The molecule has 0 spiro atoms. The number of aromatic nitrogens is 4. The fourth-order valence-corrected chi connectivity index (χ4v) is 3.52. The van der Waals surface area contributed by atoms with E-state index in [4.69, 9.17) is 4.74 Å². The minimum Gasteiger partial charge on any atom is -0.380 e. The summed E-state index contributed by atoms with van der Waals surface area (Å²) in [6.07, 6.45) is 1.70. The molecule has 0 bridgehead atoms. The summed E-state index contributed by atoms with van der Waals surface area (Å²) in [5.41, 5.74) is 0.770. The van der Waals surface area contributed by atoms with Gasteiger partial charge in [-0.3, -0.25) is 14.9 Å². The van der Waals surface area contributed by atoms with Crippen molar-refractivity contribution < 1.29 is 14.5 Å². The fraction of sp³-hybridized carbons (Fsp3) is 0.400. The largest absolute Gasteiger partial charge is 0.380 e. The van der Waals surface area contributed by atoms with Crippen molar-refractivity contribution in [2.45, 2.75) is 25.5 Å². The average molecular weight is 460 g/mol. The van der Waals surface area contributed by atoms with Gasteiger partial charge in [0.15, 0.2) is 10.8 Å². The Labute approximate surface area is 189 Å². The molecule has 170 valence electrons. The van der Waals surface area contributed by atoms with Gasteiger partial charge in [0.1, 0.15) is 5.82 Å². The summed E-state index contributed by atoms with van der Waals surface area (Å²) in [6.45, 7) is 6.47. The van der Waals surface area contributed by atoms with Crippen LogP contribution < -0.4 is 10.6 Å². The van der Waals surface area contributed by atoms with Gasteiger partial charge in [0.25, 0.3) is 11.6 Å². The molecule has 2 N–H and O–H groups in total. The Kier molecular flexibility index (Phi) is 8.34. The van der Waals surface area contributed by atoms with Gasteiger partial charge in [-0.15, -0.1) is 0 Å². The summed E-state index contributed by atoms with van der Waals surface area (Å²) in [6, 6.07) is 5.61. The lowest BCUT2D eigenvalue weighted by Gasteiger charge is -2.10. The number of thioether (sulfide) groups is 1. The van der Waals surface area contributed by atoms with Crippen LogP contribution in [0.25, 0.3) is 11.0 Å². The lowest BCUT2D eigenvalue weighted by atomic mass is 10.2. The van der Waals surface area contributed by atoms with Gasteiger partial charge in [0.05, 0.1) is 29.7 Å². The smallest absolute Gasteiger partial charge is 0.270 e. The maximum Gasteiger partial charge on any atom is 0.270 e. The third kappa shape index (κ3) is 5.92. The van der Waals surface area contributed by atoms with Crippen LogP contribution in [0.5, 0.6) is 0 Å². The number of ether oxygens (including phenoxy) is 1. The molecule has 2 heterocycles. The van der Waals surface area contributed by atoms with Gasteiger partial charge in [0, 0.05) is 37.4 Å². The predicted octanol–water partition coefficient (Wildman–Crippen LogP) is 2.72. The number of carbonyl (C=O) groups is 1. The molecule has 0 aliphatic carbocycles. The molecule has 3 aromatic rings. The van der Waals surface area contributed by atoms with E-state index in [1.54, 1.807) is 10.9 Å². The van der Waals surface area contributed by atoms with Crippen molar-refractivity contribution in [1.82, 2.24) is 25.1 Å².